The predicted octanol–water partition coefficient (Wildman–Crippen LogP) is 4.26. The maximum Gasteiger partial charge on any atom is 0.263 e. The zero-order valence-corrected chi connectivity index (χ0v) is 16.4. The lowest BCUT2D eigenvalue weighted by Crippen LogP contribution is -2.14. The second-order valence-corrected chi connectivity index (χ2v) is 8.26. The molecular weight excluding hydrogens is 374 g/mol. The molecule has 1 heterocycles. The molecule has 0 aliphatic carbocycles. The Hall–Kier alpha value is -3.19. The first-order chi connectivity index (χ1) is 13.3. The van der Waals surface area contributed by atoms with E-state index in [0.29, 0.717) is 17.2 Å². The highest BCUT2D eigenvalue weighted by Crippen LogP contribution is 2.19. The molecule has 0 saturated heterocycles. The minimum Gasteiger partial charge on any atom is -0.322 e. The van der Waals surface area contributed by atoms with E-state index in [2.05, 4.69) is 28.9 Å². The highest BCUT2D eigenvalue weighted by atomic mass is 32.2. The van der Waals surface area contributed by atoms with Gasteiger partial charge in [0.2, 0.25) is 0 Å². The van der Waals surface area contributed by atoms with Crippen LogP contribution in [-0.2, 0) is 10.0 Å². The summed E-state index contributed by atoms with van der Waals surface area (Å²) in [7, 11) is -3.75. The van der Waals surface area contributed by atoms with Gasteiger partial charge in [-0.25, -0.2) is 13.4 Å². The second-order valence-electron chi connectivity index (χ2n) is 6.58. The molecule has 0 spiro atoms. The zero-order valence-electron chi connectivity index (χ0n) is 15.6. The van der Waals surface area contributed by atoms with Crippen LogP contribution >= 0.6 is 0 Å². The van der Waals surface area contributed by atoms with Crippen molar-refractivity contribution in [3.63, 3.8) is 0 Å². The largest absolute Gasteiger partial charge is 0.322 e. The smallest absolute Gasteiger partial charge is 0.263 e. The molecule has 144 valence electrons. The van der Waals surface area contributed by atoms with Gasteiger partial charge in [0, 0.05) is 17.4 Å². The molecule has 0 radical (unpaired) electrons. The lowest BCUT2D eigenvalue weighted by Gasteiger charge is -2.10. The average Bonchev–Trinajstić information content (AvgIpc) is 2.69. The topological polar surface area (TPSA) is 88.2 Å². The van der Waals surface area contributed by atoms with Gasteiger partial charge in [-0.05, 0) is 60.0 Å². The molecule has 7 heteroatoms. The second kappa shape index (κ2) is 8.22. The number of pyridine rings is 1. The van der Waals surface area contributed by atoms with Gasteiger partial charge in [0.1, 0.15) is 5.82 Å². The fourth-order valence-electron chi connectivity index (χ4n) is 2.56. The summed E-state index contributed by atoms with van der Waals surface area (Å²) in [5, 5.41) is 2.77. The van der Waals surface area contributed by atoms with E-state index in [1.165, 1.54) is 18.3 Å². The Bertz CT molecular complexity index is 1050. The third-order valence-corrected chi connectivity index (χ3v) is 5.54. The van der Waals surface area contributed by atoms with Gasteiger partial charge in [0.25, 0.3) is 15.9 Å². The number of rotatable bonds is 6. The summed E-state index contributed by atoms with van der Waals surface area (Å²) < 4.78 is 27.2. The predicted molar refractivity (Wildman–Crippen MR) is 110 cm³/mol. The number of carbonyl (C=O) groups excluding carboxylic acids is 1. The number of carbonyl (C=O) groups is 1. The van der Waals surface area contributed by atoms with Crippen molar-refractivity contribution in [3.8, 4) is 0 Å². The molecule has 28 heavy (non-hydrogen) atoms. The molecule has 0 unspecified atom stereocenters. The van der Waals surface area contributed by atoms with E-state index in [9.17, 15) is 13.2 Å². The van der Waals surface area contributed by atoms with E-state index in [1.54, 1.807) is 42.5 Å². The Labute approximate surface area is 164 Å². The Morgan fingerprint density at radius 2 is 1.61 bits per heavy atom. The average molecular weight is 395 g/mol. The van der Waals surface area contributed by atoms with Crippen LogP contribution < -0.4 is 10.0 Å². The quantitative estimate of drug-likeness (QED) is 0.653. The summed E-state index contributed by atoms with van der Waals surface area (Å²) in [6, 6.07) is 18.3. The van der Waals surface area contributed by atoms with Gasteiger partial charge in [0.15, 0.2) is 0 Å². The van der Waals surface area contributed by atoms with Crippen molar-refractivity contribution >= 4 is 27.4 Å². The molecule has 0 aliphatic rings. The molecule has 2 aromatic carbocycles. The number of benzene rings is 2. The number of nitrogens with zero attached hydrogens (tertiary/aromatic N) is 1. The monoisotopic (exact) mass is 395 g/mol. The minimum atomic E-state index is -3.75. The highest BCUT2D eigenvalue weighted by Gasteiger charge is 2.15. The Balaban J connectivity index is 1.69. The molecule has 0 atom stereocenters. The third-order valence-electron chi connectivity index (χ3n) is 4.17. The fraction of sp³-hybridized carbons (Fsp3) is 0.143. The number of nitrogens with one attached hydrogen (secondary N) is 2. The molecule has 0 fully saturated rings. The number of hydrogen-bond acceptors (Lipinski definition) is 4. The van der Waals surface area contributed by atoms with Crippen LogP contribution in [0.5, 0.6) is 0 Å². The van der Waals surface area contributed by atoms with Crippen LogP contribution in [0.15, 0.2) is 77.8 Å². The lowest BCUT2D eigenvalue weighted by molar-refractivity contribution is 0.102. The van der Waals surface area contributed by atoms with Crippen LogP contribution in [0, 0.1) is 0 Å². The van der Waals surface area contributed by atoms with Gasteiger partial charge < -0.3 is 5.32 Å². The van der Waals surface area contributed by atoms with E-state index < -0.39 is 10.0 Å². The van der Waals surface area contributed by atoms with Gasteiger partial charge in [-0.1, -0.05) is 32.0 Å². The van der Waals surface area contributed by atoms with Gasteiger partial charge in [-0.15, -0.1) is 0 Å². The molecule has 1 amide bonds. The number of amides is 1. The summed E-state index contributed by atoms with van der Waals surface area (Å²) in [4.78, 5) is 16.4. The van der Waals surface area contributed by atoms with Gasteiger partial charge in [-0.2, -0.15) is 0 Å². The van der Waals surface area contributed by atoms with Crippen molar-refractivity contribution in [2.75, 3.05) is 10.0 Å². The number of anilines is 2. The van der Waals surface area contributed by atoms with E-state index >= 15 is 0 Å². The van der Waals surface area contributed by atoms with Crippen molar-refractivity contribution in [1.82, 2.24) is 4.98 Å². The summed E-state index contributed by atoms with van der Waals surface area (Å²) >= 11 is 0. The van der Waals surface area contributed by atoms with Gasteiger partial charge in [-0.3, -0.25) is 9.52 Å². The molecule has 1 aromatic heterocycles. The standard InChI is InChI=1S/C21H21N3O3S/c1-15(2)16-6-8-17(9-7-16)21(25)23-18-10-12-19(13-11-18)28(26,27)24-20-5-3-4-14-22-20/h3-15H,1-2H3,(H,22,24)(H,23,25). The SMILES string of the molecule is CC(C)c1ccc(C(=O)Nc2ccc(S(=O)(=O)Nc3ccccn3)cc2)cc1. The fourth-order valence-corrected chi connectivity index (χ4v) is 3.57. The van der Waals surface area contributed by atoms with E-state index in [1.807, 2.05) is 12.1 Å². The first kappa shape index (κ1) is 19.6. The van der Waals surface area contributed by atoms with Crippen LogP contribution in [0.3, 0.4) is 0 Å². The van der Waals surface area contributed by atoms with Crippen molar-refractivity contribution in [2.24, 2.45) is 0 Å². The molecule has 3 aromatic rings. The first-order valence-electron chi connectivity index (χ1n) is 8.80. The van der Waals surface area contributed by atoms with Crippen molar-refractivity contribution in [2.45, 2.75) is 24.7 Å². The summed E-state index contributed by atoms with van der Waals surface area (Å²) in [6.07, 6.45) is 1.50. The van der Waals surface area contributed by atoms with Crippen molar-refractivity contribution < 1.29 is 13.2 Å². The van der Waals surface area contributed by atoms with Crippen LogP contribution in [0.2, 0.25) is 0 Å². The number of sulfonamides is 1. The normalized spacial score (nSPS) is 11.2. The Morgan fingerprint density at radius 3 is 2.18 bits per heavy atom. The number of hydrogen-bond donors (Lipinski definition) is 2. The number of aromatic nitrogens is 1. The van der Waals surface area contributed by atoms with Crippen molar-refractivity contribution in [1.29, 1.82) is 0 Å². The van der Waals surface area contributed by atoms with E-state index in [4.69, 9.17) is 0 Å². The van der Waals surface area contributed by atoms with Gasteiger partial charge >= 0.3 is 0 Å². The molecule has 6 nitrogen and oxygen atoms in total. The van der Waals surface area contributed by atoms with E-state index in [-0.39, 0.29) is 16.6 Å². The zero-order chi connectivity index (χ0) is 20.1. The van der Waals surface area contributed by atoms with Crippen molar-refractivity contribution in [3.05, 3.63) is 84.1 Å². The Morgan fingerprint density at radius 1 is 0.929 bits per heavy atom. The third kappa shape index (κ3) is 4.75. The summed E-state index contributed by atoms with van der Waals surface area (Å²) in [6.45, 7) is 4.18. The maximum atomic E-state index is 12.4. The van der Waals surface area contributed by atoms with E-state index in [0.717, 1.165) is 5.56 Å². The van der Waals surface area contributed by atoms with Gasteiger partial charge in [0.05, 0.1) is 4.90 Å². The summed E-state index contributed by atoms with van der Waals surface area (Å²) in [5.41, 5.74) is 2.21. The maximum absolute atomic E-state index is 12.4. The lowest BCUT2D eigenvalue weighted by atomic mass is 10.0. The van der Waals surface area contributed by atoms with Crippen LogP contribution in [0.4, 0.5) is 11.5 Å². The Kier molecular flexibility index (Phi) is 5.75. The molecule has 0 bridgehead atoms. The molecule has 0 aliphatic heterocycles. The van der Waals surface area contributed by atoms with Crippen LogP contribution in [0.25, 0.3) is 0 Å². The molecule has 0 saturated carbocycles. The minimum absolute atomic E-state index is 0.0810. The summed E-state index contributed by atoms with van der Waals surface area (Å²) in [5.74, 6) is 0.383. The van der Waals surface area contributed by atoms with Crippen LogP contribution in [0.1, 0.15) is 35.7 Å². The molecular formula is C21H21N3O3S. The molecule has 3 rings (SSSR count). The van der Waals surface area contributed by atoms with Crippen LogP contribution in [-0.4, -0.2) is 19.3 Å². The highest BCUT2D eigenvalue weighted by molar-refractivity contribution is 7.92. The molecule has 2 N–H and O–H groups in total. The first-order valence-corrected chi connectivity index (χ1v) is 10.3.